The summed E-state index contributed by atoms with van der Waals surface area (Å²) >= 11 is 1.68. The molecular weight excluding hydrogens is 368 g/mol. The maximum absolute atomic E-state index is 4.83. The molecule has 0 saturated carbocycles. The molecule has 0 bridgehead atoms. The summed E-state index contributed by atoms with van der Waals surface area (Å²) in [5.41, 5.74) is 3.53. The normalized spacial score (nSPS) is 11.6. The third-order valence-corrected chi connectivity index (χ3v) is 5.26. The zero-order valence-corrected chi connectivity index (χ0v) is 17.8. The highest BCUT2D eigenvalue weighted by Crippen LogP contribution is 2.12. The highest BCUT2D eigenvalue weighted by molar-refractivity contribution is 7.09. The van der Waals surface area contributed by atoms with E-state index in [9.17, 15) is 0 Å². The molecule has 6 nitrogen and oxygen atoms in total. The maximum atomic E-state index is 4.83. The van der Waals surface area contributed by atoms with Crippen LogP contribution in [0.25, 0.3) is 0 Å². The molecule has 0 aliphatic rings. The van der Waals surface area contributed by atoms with Gasteiger partial charge in [-0.1, -0.05) is 24.3 Å². The number of aliphatic imine (C=N–C) groups is 1. The summed E-state index contributed by atoms with van der Waals surface area (Å²) in [6.07, 6.45) is 3.85. The topological polar surface area (TPSA) is 58.3 Å². The summed E-state index contributed by atoms with van der Waals surface area (Å²) in [5.74, 6) is 1.92. The lowest BCUT2D eigenvalue weighted by Gasteiger charge is -2.21. The van der Waals surface area contributed by atoms with E-state index in [1.165, 1.54) is 11.1 Å². The Kier molecular flexibility index (Phi) is 6.81. The van der Waals surface area contributed by atoms with Crippen molar-refractivity contribution in [2.45, 2.75) is 40.4 Å². The van der Waals surface area contributed by atoms with Crippen LogP contribution in [0.1, 0.15) is 34.6 Å². The van der Waals surface area contributed by atoms with E-state index in [1.807, 2.05) is 26.2 Å². The van der Waals surface area contributed by atoms with Gasteiger partial charge in [-0.3, -0.25) is 0 Å². The molecule has 3 aromatic rings. The Labute approximate surface area is 171 Å². The van der Waals surface area contributed by atoms with Crippen LogP contribution in [0, 0.1) is 13.8 Å². The minimum Gasteiger partial charge on any atom is -0.357 e. The number of aromatic nitrogens is 3. The zero-order chi connectivity index (χ0) is 19.9. The Morgan fingerprint density at radius 2 is 2.11 bits per heavy atom. The summed E-state index contributed by atoms with van der Waals surface area (Å²) in [7, 11) is 2.05. The van der Waals surface area contributed by atoms with E-state index < -0.39 is 0 Å². The fourth-order valence-corrected chi connectivity index (χ4v) is 3.63. The van der Waals surface area contributed by atoms with E-state index in [0.717, 1.165) is 42.1 Å². The molecule has 0 aliphatic carbocycles. The van der Waals surface area contributed by atoms with Crippen molar-refractivity contribution in [3.8, 4) is 0 Å². The van der Waals surface area contributed by atoms with Gasteiger partial charge in [-0.15, -0.1) is 11.3 Å². The third-order valence-electron chi connectivity index (χ3n) is 4.44. The molecule has 1 N–H and O–H groups in total. The molecule has 0 spiro atoms. The highest BCUT2D eigenvalue weighted by Gasteiger charge is 2.09. The monoisotopic (exact) mass is 396 g/mol. The van der Waals surface area contributed by atoms with Crippen LogP contribution >= 0.6 is 11.3 Å². The lowest BCUT2D eigenvalue weighted by atomic mass is 10.1. The van der Waals surface area contributed by atoms with Crippen molar-refractivity contribution < 1.29 is 0 Å². The second-order valence-electron chi connectivity index (χ2n) is 6.81. The van der Waals surface area contributed by atoms with Crippen LogP contribution in [0.5, 0.6) is 0 Å². The quantitative estimate of drug-likeness (QED) is 0.490. The summed E-state index contributed by atoms with van der Waals surface area (Å²) in [6.45, 7) is 9.19. The number of guanidine groups is 1. The van der Waals surface area contributed by atoms with Crippen LogP contribution in [0.2, 0.25) is 0 Å². The van der Waals surface area contributed by atoms with Gasteiger partial charge >= 0.3 is 0 Å². The summed E-state index contributed by atoms with van der Waals surface area (Å²) < 4.78 is 2.15. The van der Waals surface area contributed by atoms with Crippen LogP contribution in [0.4, 0.5) is 0 Å². The van der Waals surface area contributed by atoms with E-state index in [4.69, 9.17) is 4.99 Å². The highest BCUT2D eigenvalue weighted by atomic mass is 32.1. The lowest BCUT2D eigenvalue weighted by molar-refractivity contribution is 0.471. The number of thiazole rings is 1. The molecule has 148 valence electrons. The van der Waals surface area contributed by atoms with Gasteiger partial charge in [0.1, 0.15) is 5.82 Å². The minimum absolute atomic E-state index is 0.638. The number of aryl methyl sites for hydroxylation is 2. The molecule has 2 heterocycles. The Morgan fingerprint density at radius 3 is 2.79 bits per heavy atom. The van der Waals surface area contributed by atoms with Crippen LogP contribution in [0.3, 0.4) is 0 Å². The smallest absolute Gasteiger partial charge is 0.194 e. The summed E-state index contributed by atoms with van der Waals surface area (Å²) in [5, 5.41) is 6.58. The van der Waals surface area contributed by atoms with E-state index in [2.05, 4.69) is 68.4 Å². The number of hydrogen-bond donors (Lipinski definition) is 1. The molecule has 28 heavy (non-hydrogen) atoms. The van der Waals surface area contributed by atoms with Crippen molar-refractivity contribution >= 4 is 17.3 Å². The molecule has 0 fully saturated rings. The van der Waals surface area contributed by atoms with Crippen LogP contribution < -0.4 is 5.32 Å². The Morgan fingerprint density at radius 1 is 1.29 bits per heavy atom. The molecule has 1 aromatic carbocycles. The number of hydrogen-bond acceptors (Lipinski definition) is 4. The third kappa shape index (κ3) is 5.42. The first kappa shape index (κ1) is 20.1. The summed E-state index contributed by atoms with van der Waals surface area (Å²) in [4.78, 5) is 15.8. The molecule has 0 unspecified atom stereocenters. The van der Waals surface area contributed by atoms with E-state index in [1.54, 1.807) is 11.3 Å². The first-order valence-electron chi connectivity index (χ1n) is 9.51. The number of nitrogens with zero attached hydrogens (tertiary/aromatic N) is 5. The fourth-order valence-electron chi connectivity index (χ4n) is 3.03. The van der Waals surface area contributed by atoms with Crippen molar-refractivity contribution in [2.75, 3.05) is 13.6 Å². The first-order valence-corrected chi connectivity index (χ1v) is 10.4. The molecule has 0 radical (unpaired) electrons. The van der Waals surface area contributed by atoms with Crippen molar-refractivity contribution in [3.05, 3.63) is 69.7 Å². The van der Waals surface area contributed by atoms with Crippen molar-refractivity contribution in [3.63, 3.8) is 0 Å². The van der Waals surface area contributed by atoms with Gasteiger partial charge in [0.25, 0.3) is 0 Å². The largest absolute Gasteiger partial charge is 0.357 e. The Bertz CT molecular complexity index is 926. The van der Waals surface area contributed by atoms with Gasteiger partial charge in [0.2, 0.25) is 0 Å². The zero-order valence-electron chi connectivity index (χ0n) is 17.0. The number of imidazole rings is 1. The molecule has 0 amide bonds. The van der Waals surface area contributed by atoms with Gasteiger partial charge in [0, 0.05) is 37.9 Å². The number of rotatable bonds is 7. The van der Waals surface area contributed by atoms with Gasteiger partial charge in [-0.05, 0) is 31.9 Å². The standard InChI is InChI=1S/C21H28N6S/c1-5-22-21(26(4)14-20-15-28-17(3)25-20)24-12-18-7-6-8-19(11-18)13-27-10-9-23-16(27)2/h6-11,15H,5,12-14H2,1-4H3,(H,22,24). The Balaban J connectivity index is 1.68. The molecule has 0 aliphatic heterocycles. The second-order valence-corrected chi connectivity index (χ2v) is 7.87. The average Bonchev–Trinajstić information content (AvgIpc) is 3.27. The van der Waals surface area contributed by atoms with E-state index in [0.29, 0.717) is 6.54 Å². The van der Waals surface area contributed by atoms with Gasteiger partial charge < -0.3 is 14.8 Å². The molecule has 2 aromatic heterocycles. The van der Waals surface area contributed by atoms with Crippen molar-refractivity contribution in [2.24, 2.45) is 4.99 Å². The van der Waals surface area contributed by atoms with Gasteiger partial charge in [0.05, 0.1) is 23.8 Å². The SMILES string of the molecule is CCNC(=NCc1cccc(Cn2ccnc2C)c1)N(C)Cc1csc(C)n1. The van der Waals surface area contributed by atoms with Gasteiger partial charge in [-0.2, -0.15) is 0 Å². The molecular formula is C21H28N6S. The maximum Gasteiger partial charge on any atom is 0.194 e. The predicted octanol–water partition coefficient (Wildman–Crippen LogP) is 3.60. The lowest BCUT2D eigenvalue weighted by Crippen LogP contribution is -2.38. The van der Waals surface area contributed by atoms with Crippen molar-refractivity contribution in [1.82, 2.24) is 24.8 Å². The van der Waals surface area contributed by atoms with E-state index in [-0.39, 0.29) is 0 Å². The molecule has 7 heteroatoms. The second kappa shape index (κ2) is 9.50. The van der Waals surface area contributed by atoms with Crippen LogP contribution in [0.15, 0.2) is 47.0 Å². The molecule has 0 atom stereocenters. The van der Waals surface area contributed by atoms with Gasteiger partial charge in [-0.25, -0.2) is 15.0 Å². The van der Waals surface area contributed by atoms with Crippen LogP contribution in [-0.4, -0.2) is 39.0 Å². The minimum atomic E-state index is 0.638. The van der Waals surface area contributed by atoms with Gasteiger partial charge in [0.15, 0.2) is 5.96 Å². The van der Waals surface area contributed by atoms with E-state index >= 15 is 0 Å². The first-order chi connectivity index (χ1) is 13.5. The number of nitrogens with one attached hydrogen (secondary N) is 1. The fraction of sp³-hybridized carbons (Fsp3) is 0.381. The number of benzene rings is 1. The summed E-state index contributed by atoms with van der Waals surface area (Å²) in [6, 6.07) is 8.59. The Hall–Kier alpha value is -2.67. The van der Waals surface area contributed by atoms with Crippen molar-refractivity contribution in [1.29, 1.82) is 0 Å². The average molecular weight is 397 g/mol. The molecule has 3 rings (SSSR count). The predicted molar refractivity (Wildman–Crippen MR) is 116 cm³/mol. The molecule has 0 saturated heterocycles. The van der Waals surface area contributed by atoms with Crippen LogP contribution in [-0.2, 0) is 19.6 Å².